The molecule has 0 spiro atoms. The van der Waals surface area contributed by atoms with Crippen LogP contribution in [0.4, 0.5) is 11.4 Å². The predicted octanol–water partition coefficient (Wildman–Crippen LogP) is 6.57. The Morgan fingerprint density at radius 2 is 1.73 bits per heavy atom. The van der Waals surface area contributed by atoms with E-state index in [1.54, 1.807) is 37.3 Å². The van der Waals surface area contributed by atoms with Crippen LogP contribution in [0.5, 0.6) is 11.5 Å². The fraction of sp³-hybridized carbons (Fsp3) is 0.179. The second-order valence-corrected chi connectivity index (χ2v) is 8.88. The zero-order valence-corrected chi connectivity index (χ0v) is 22.0. The Morgan fingerprint density at radius 1 is 0.973 bits per heavy atom. The highest BCUT2D eigenvalue weighted by Gasteiger charge is 2.16. The second kappa shape index (κ2) is 12.8. The number of hydrogen-bond acceptors (Lipinski definition) is 5. The highest BCUT2D eigenvalue weighted by molar-refractivity contribution is 6.32. The summed E-state index contributed by atoms with van der Waals surface area (Å²) < 4.78 is 11.3. The maximum atomic E-state index is 12.6. The molecule has 0 aromatic heterocycles. The molecule has 0 radical (unpaired) electrons. The average molecular weight is 538 g/mol. The van der Waals surface area contributed by atoms with E-state index < -0.39 is 5.91 Å². The third-order valence-electron chi connectivity index (χ3n) is 5.23. The molecule has 0 aliphatic rings. The molecule has 9 heteroatoms. The summed E-state index contributed by atoms with van der Waals surface area (Å²) in [5.41, 5.74) is 3.58. The van der Waals surface area contributed by atoms with Crippen LogP contribution in [0.3, 0.4) is 0 Å². The normalized spacial score (nSPS) is 10.9. The summed E-state index contributed by atoms with van der Waals surface area (Å²) in [7, 11) is 0. The van der Waals surface area contributed by atoms with Gasteiger partial charge in [-0.2, -0.15) is 5.26 Å². The molecule has 0 atom stereocenters. The van der Waals surface area contributed by atoms with E-state index in [0.717, 1.165) is 11.1 Å². The minimum atomic E-state index is -0.609. The number of anilines is 2. The number of benzene rings is 3. The van der Waals surface area contributed by atoms with Crippen molar-refractivity contribution in [3.63, 3.8) is 0 Å². The van der Waals surface area contributed by atoms with E-state index in [2.05, 4.69) is 10.6 Å². The summed E-state index contributed by atoms with van der Waals surface area (Å²) in [5, 5.41) is 15.6. The van der Waals surface area contributed by atoms with Gasteiger partial charge in [0.05, 0.1) is 11.6 Å². The van der Waals surface area contributed by atoms with E-state index in [4.69, 9.17) is 32.7 Å². The maximum Gasteiger partial charge on any atom is 0.266 e. The van der Waals surface area contributed by atoms with Crippen LogP contribution in [-0.2, 0) is 9.59 Å². The minimum absolute atomic E-state index is 0.153. The highest BCUT2D eigenvalue weighted by atomic mass is 35.5. The van der Waals surface area contributed by atoms with Crippen molar-refractivity contribution in [3.05, 3.63) is 86.9 Å². The fourth-order valence-corrected chi connectivity index (χ4v) is 3.77. The SMILES string of the molecule is CCOc1cc(/C=C(/C#N)C(=O)Nc2cccc(Cl)c2)cc(Cl)c1OCC(=O)Nc1ccc(C)c(C)c1. The van der Waals surface area contributed by atoms with E-state index in [9.17, 15) is 14.9 Å². The molecule has 0 heterocycles. The molecule has 2 amide bonds. The molecule has 3 aromatic rings. The third kappa shape index (κ3) is 7.74. The largest absolute Gasteiger partial charge is 0.490 e. The van der Waals surface area contributed by atoms with E-state index >= 15 is 0 Å². The average Bonchev–Trinajstić information content (AvgIpc) is 2.84. The van der Waals surface area contributed by atoms with Gasteiger partial charge in [0.2, 0.25) is 0 Å². The van der Waals surface area contributed by atoms with Crippen LogP contribution in [0.2, 0.25) is 10.0 Å². The lowest BCUT2D eigenvalue weighted by Crippen LogP contribution is -2.20. The molecule has 0 bridgehead atoms. The van der Waals surface area contributed by atoms with Crippen LogP contribution in [0.15, 0.2) is 60.2 Å². The monoisotopic (exact) mass is 537 g/mol. The van der Waals surface area contributed by atoms with Crippen LogP contribution in [-0.4, -0.2) is 25.0 Å². The first-order chi connectivity index (χ1) is 17.7. The molecule has 3 aromatic carbocycles. The molecule has 0 fully saturated rings. The van der Waals surface area contributed by atoms with Crippen molar-refractivity contribution < 1.29 is 19.1 Å². The van der Waals surface area contributed by atoms with Crippen LogP contribution < -0.4 is 20.1 Å². The van der Waals surface area contributed by atoms with Crippen molar-refractivity contribution >= 4 is 52.5 Å². The van der Waals surface area contributed by atoms with Gasteiger partial charge in [-0.25, -0.2) is 0 Å². The van der Waals surface area contributed by atoms with Gasteiger partial charge < -0.3 is 20.1 Å². The second-order valence-electron chi connectivity index (χ2n) is 8.03. The smallest absolute Gasteiger partial charge is 0.266 e. The minimum Gasteiger partial charge on any atom is -0.490 e. The van der Waals surface area contributed by atoms with Gasteiger partial charge in [0.1, 0.15) is 11.6 Å². The number of hydrogen-bond donors (Lipinski definition) is 2. The predicted molar refractivity (Wildman–Crippen MR) is 146 cm³/mol. The number of nitriles is 1. The lowest BCUT2D eigenvalue weighted by Gasteiger charge is -2.15. The van der Waals surface area contributed by atoms with Crippen molar-refractivity contribution in [1.82, 2.24) is 0 Å². The van der Waals surface area contributed by atoms with Gasteiger partial charge in [-0.05, 0) is 86.0 Å². The van der Waals surface area contributed by atoms with E-state index in [1.165, 1.54) is 12.1 Å². The van der Waals surface area contributed by atoms with Crippen LogP contribution in [0, 0.1) is 25.2 Å². The van der Waals surface area contributed by atoms with E-state index in [0.29, 0.717) is 28.6 Å². The molecule has 3 rings (SSSR count). The Morgan fingerprint density at radius 3 is 2.41 bits per heavy atom. The lowest BCUT2D eigenvalue weighted by molar-refractivity contribution is -0.118. The molecule has 0 saturated heterocycles. The van der Waals surface area contributed by atoms with E-state index in [-0.39, 0.29) is 34.6 Å². The first-order valence-corrected chi connectivity index (χ1v) is 12.1. The van der Waals surface area contributed by atoms with Crippen molar-refractivity contribution in [1.29, 1.82) is 5.26 Å². The number of ether oxygens (including phenoxy) is 2. The first-order valence-electron chi connectivity index (χ1n) is 11.3. The van der Waals surface area contributed by atoms with Gasteiger partial charge in [0, 0.05) is 16.4 Å². The molecule has 190 valence electrons. The molecule has 37 heavy (non-hydrogen) atoms. The van der Waals surface area contributed by atoms with Gasteiger partial charge in [0.15, 0.2) is 18.1 Å². The molecule has 0 aliphatic heterocycles. The summed E-state index contributed by atoms with van der Waals surface area (Å²) in [6.07, 6.45) is 1.38. The Kier molecular flexibility index (Phi) is 9.56. The number of carbonyl (C=O) groups is 2. The molecule has 0 saturated carbocycles. The number of amides is 2. The summed E-state index contributed by atoms with van der Waals surface area (Å²) in [5.74, 6) is -0.525. The number of nitrogens with one attached hydrogen (secondary N) is 2. The quantitative estimate of drug-likeness (QED) is 0.237. The molecule has 7 nitrogen and oxygen atoms in total. The van der Waals surface area contributed by atoms with Gasteiger partial charge in [-0.3, -0.25) is 9.59 Å². The molecule has 0 aliphatic carbocycles. The summed E-state index contributed by atoms with van der Waals surface area (Å²) in [4.78, 5) is 25.1. The fourth-order valence-electron chi connectivity index (χ4n) is 3.31. The number of rotatable bonds is 9. The van der Waals surface area contributed by atoms with Crippen LogP contribution in [0.1, 0.15) is 23.6 Å². The highest BCUT2D eigenvalue weighted by Crippen LogP contribution is 2.37. The van der Waals surface area contributed by atoms with Crippen molar-refractivity contribution in [2.45, 2.75) is 20.8 Å². The molecule has 2 N–H and O–H groups in total. The van der Waals surface area contributed by atoms with Gasteiger partial charge in [-0.15, -0.1) is 0 Å². The van der Waals surface area contributed by atoms with E-state index in [1.807, 2.05) is 38.1 Å². The van der Waals surface area contributed by atoms with Crippen molar-refractivity contribution in [2.75, 3.05) is 23.8 Å². The third-order valence-corrected chi connectivity index (χ3v) is 5.74. The summed E-state index contributed by atoms with van der Waals surface area (Å²) >= 11 is 12.4. The zero-order chi connectivity index (χ0) is 26.9. The lowest BCUT2D eigenvalue weighted by atomic mass is 10.1. The van der Waals surface area contributed by atoms with Crippen LogP contribution >= 0.6 is 23.2 Å². The van der Waals surface area contributed by atoms with Gasteiger partial charge in [-0.1, -0.05) is 35.3 Å². The number of halogens is 2. The van der Waals surface area contributed by atoms with Crippen molar-refractivity contribution in [2.24, 2.45) is 0 Å². The standard InChI is InChI=1S/C28H25Cl2N3O4/c1-4-36-25-13-19(11-20(15-31)28(35)33-22-7-5-6-21(29)14-22)12-24(30)27(25)37-16-26(34)32-23-9-8-17(2)18(3)10-23/h5-14H,4,16H2,1-3H3,(H,32,34)(H,33,35)/b20-11-. The van der Waals surface area contributed by atoms with Gasteiger partial charge >= 0.3 is 0 Å². The zero-order valence-electron chi connectivity index (χ0n) is 20.5. The Labute approximate surface area is 225 Å². The molecular weight excluding hydrogens is 513 g/mol. The molecular formula is C28H25Cl2N3O4. The molecule has 0 unspecified atom stereocenters. The first kappa shape index (κ1) is 27.6. The Balaban J connectivity index is 1.77. The maximum absolute atomic E-state index is 12.6. The topological polar surface area (TPSA) is 100 Å². The van der Waals surface area contributed by atoms with Crippen molar-refractivity contribution in [3.8, 4) is 17.6 Å². The number of nitrogens with zero attached hydrogens (tertiary/aromatic N) is 1. The number of aryl methyl sites for hydroxylation is 2. The Bertz CT molecular complexity index is 1400. The summed E-state index contributed by atoms with van der Waals surface area (Å²) in [6.45, 7) is 5.74. The van der Waals surface area contributed by atoms with Gasteiger partial charge in [0.25, 0.3) is 11.8 Å². The van der Waals surface area contributed by atoms with Crippen LogP contribution in [0.25, 0.3) is 6.08 Å². The Hall–Kier alpha value is -3.99. The summed E-state index contributed by atoms with van der Waals surface area (Å²) in [6, 6.07) is 17.2. The number of carbonyl (C=O) groups excluding carboxylic acids is 2.